The average Bonchev–Trinajstić information content (AvgIpc) is 3.19. The second-order valence-corrected chi connectivity index (χ2v) is 14.7. The van der Waals surface area contributed by atoms with Gasteiger partial charge in [0.1, 0.15) is 12.2 Å². The number of hydrogen-bond acceptors (Lipinski definition) is 6. The van der Waals surface area contributed by atoms with Gasteiger partial charge in [0.25, 0.3) is 0 Å². The fraction of sp³-hybridized carbons (Fsp3) is 0.568. The quantitative estimate of drug-likeness (QED) is 0.0608. The number of amides is 2. The third kappa shape index (κ3) is 17.0. The van der Waals surface area contributed by atoms with E-state index < -0.39 is 30.0 Å². The smallest absolute Gasteiger partial charge is 0.870 e. The molecule has 318 valence electrons. The largest absolute Gasteiger partial charge is 1.00 e. The van der Waals surface area contributed by atoms with Crippen LogP contribution in [0.5, 0.6) is 0 Å². The Morgan fingerprint density at radius 3 is 1.45 bits per heavy atom. The van der Waals surface area contributed by atoms with Crippen molar-refractivity contribution in [3.05, 3.63) is 96.1 Å². The molecular weight excluding hydrogens is 751 g/mol. The first-order chi connectivity index (χ1) is 26.8. The van der Waals surface area contributed by atoms with E-state index in [9.17, 15) is 42.2 Å². The van der Waals surface area contributed by atoms with E-state index in [0.717, 1.165) is 63.5 Å². The van der Waals surface area contributed by atoms with E-state index in [-0.39, 0.29) is 65.8 Å². The Morgan fingerprint density at radius 2 is 1.07 bits per heavy atom. The Kier molecular flexibility index (Phi) is 24.7. The maximum absolute atomic E-state index is 14.4. The van der Waals surface area contributed by atoms with Crippen LogP contribution in [0, 0.1) is 0 Å². The van der Waals surface area contributed by atoms with Crippen LogP contribution in [-0.4, -0.2) is 85.8 Å². The van der Waals surface area contributed by atoms with E-state index in [0.29, 0.717) is 45.2 Å². The molecule has 2 aliphatic heterocycles. The number of aliphatic carboxylic acids is 1. The minimum Gasteiger partial charge on any atom is -0.870 e. The number of carboxylic acid groups (broad SMARTS) is 1. The summed E-state index contributed by atoms with van der Waals surface area (Å²) in [5, 5.41) is 28.7. The van der Waals surface area contributed by atoms with Gasteiger partial charge in [0.2, 0.25) is 11.8 Å². The summed E-state index contributed by atoms with van der Waals surface area (Å²) in [6, 6.07) is 14.0. The van der Waals surface area contributed by atoms with E-state index in [1.807, 2.05) is 0 Å². The van der Waals surface area contributed by atoms with Crippen LogP contribution in [0.3, 0.4) is 0 Å². The molecule has 4 atom stereocenters. The molecule has 0 aliphatic carbocycles. The van der Waals surface area contributed by atoms with Gasteiger partial charge in [0.15, 0.2) is 0 Å². The van der Waals surface area contributed by atoms with Gasteiger partial charge < -0.3 is 30.6 Å². The van der Waals surface area contributed by atoms with Crippen molar-refractivity contribution in [2.45, 2.75) is 146 Å². The number of carbonyl (C=O) groups is 3. The predicted octanol–water partition coefficient (Wildman–Crippen LogP) is 5.99. The van der Waals surface area contributed by atoms with Crippen molar-refractivity contribution in [1.29, 1.82) is 0 Å². The van der Waals surface area contributed by atoms with Gasteiger partial charge in [-0.1, -0.05) is 130 Å². The number of rotatable bonds is 21. The van der Waals surface area contributed by atoms with Crippen molar-refractivity contribution in [1.82, 2.24) is 9.80 Å². The van der Waals surface area contributed by atoms with Crippen molar-refractivity contribution in [2.75, 3.05) is 13.1 Å². The Hall–Kier alpha value is -3.47. The van der Waals surface area contributed by atoms with E-state index >= 15 is 0 Å². The molecule has 9 nitrogen and oxygen atoms in total. The summed E-state index contributed by atoms with van der Waals surface area (Å²) in [5.74, 6) is -7.52. The molecule has 58 heavy (non-hydrogen) atoms. The fourth-order valence-electron chi connectivity index (χ4n) is 7.04. The third-order valence-corrected chi connectivity index (χ3v) is 10.4. The Balaban J connectivity index is 0.000000562. The number of likely N-dealkylation sites (tertiary alicyclic amines) is 2. The van der Waals surface area contributed by atoms with Crippen LogP contribution >= 0.6 is 0 Å². The molecule has 4 N–H and O–H groups in total. The van der Waals surface area contributed by atoms with Gasteiger partial charge >= 0.3 is 36.7 Å². The zero-order valence-electron chi connectivity index (χ0n) is 34.0. The van der Waals surface area contributed by atoms with E-state index in [2.05, 4.69) is 6.92 Å². The van der Waals surface area contributed by atoms with Crippen molar-refractivity contribution in [2.24, 2.45) is 0 Å². The molecule has 0 unspecified atom stereocenters. The minimum absolute atomic E-state index is 0. The molecule has 0 saturated carbocycles. The van der Waals surface area contributed by atoms with Gasteiger partial charge in [0.05, 0.1) is 12.1 Å². The number of aliphatic hydroxyl groups is 2. The van der Waals surface area contributed by atoms with Crippen LogP contribution in [0.15, 0.2) is 85.0 Å². The molecule has 2 fully saturated rings. The molecule has 2 aromatic carbocycles. The van der Waals surface area contributed by atoms with Crippen LogP contribution in [0.25, 0.3) is 0 Å². The summed E-state index contributed by atoms with van der Waals surface area (Å²) in [4.78, 5) is 38.5. The molecular formula is C44H61F4LiN2O7. The molecule has 0 spiro atoms. The molecule has 0 radical (unpaired) electrons. The van der Waals surface area contributed by atoms with Gasteiger partial charge in [-0.3, -0.25) is 14.4 Å². The Labute approximate surface area is 353 Å². The number of unbranched alkanes of at least 4 members (excludes halogenated alkanes) is 7. The molecule has 2 aliphatic rings. The summed E-state index contributed by atoms with van der Waals surface area (Å²) in [5.41, 5.74) is -0.468. The van der Waals surface area contributed by atoms with Gasteiger partial charge in [0, 0.05) is 43.5 Å². The molecule has 2 amide bonds. The second-order valence-electron chi connectivity index (χ2n) is 14.7. The van der Waals surface area contributed by atoms with Crippen molar-refractivity contribution in [3.63, 3.8) is 0 Å². The number of piperidine rings is 2. The van der Waals surface area contributed by atoms with Gasteiger partial charge in [-0.15, -0.1) is 0 Å². The second kappa shape index (κ2) is 27.3. The fourth-order valence-corrected chi connectivity index (χ4v) is 7.04. The maximum atomic E-state index is 14.4. The molecule has 2 aromatic rings. The first-order valence-electron chi connectivity index (χ1n) is 20.2. The zero-order chi connectivity index (χ0) is 41.0. The van der Waals surface area contributed by atoms with Crippen LogP contribution in [0.4, 0.5) is 17.6 Å². The first kappa shape index (κ1) is 52.5. The van der Waals surface area contributed by atoms with E-state index in [1.165, 1.54) is 67.4 Å². The van der Waals surface area contributed by atoms with Crippen LogP contribution in [-0.2, 0) is 26.2 Å². The van der Waals surface area contributed by atoms with Crippen molar-refractivity contribution >= 4 is 17.8 Å². The third-order valence-electron chi connectivity index (χ3n) is 10.4. The molecule has 0 bridgehead atoms. The molecule has 0 aromatic heterocycles. The summed E-state index contributed by atoms with van der Waals surface area (Å²) in [7, 11) is 0. The Morgan fingerprint density at radius 1 is 0.690 bits per heavy atom. The number of hydrogen-bond donors (Lipinski definition) is 3. The summed E-state index contributed by atoms with van der Waals surface area (Å²) in [6.45, 7) is 3.32. The van der Waals surface area contributed by atoms with Gasteiger partial charge in [-0.2, -0.15) is 17.6 Å². The minimum atomic E-state index is -3.41. The number of nitrogens with zero attached hydrogens (tertiary/aromatic N) is 2. The number of carbonyl (C=O) groups excluding carboxylic acids is 2. The van der Waals surface area contributed by atoms with Crippen LogP contribution in [0.2, 0.25) is 0 Å². The van der Waals surface area contributed by atoms with Crippen molar-refractivity contribution in [3.8, 4) is 0 Å². The van der Waals surface area contributed by atoms with E-state index in [4.69, 9.17) is 5.11 Å². The number of halogens is 4. The normalized spacial score (nSPS) is 18.6. The molecule has 2 saturated heterocycles. The molecule has 4 rings (SSSR count). The SMILES string of the molecule is CCCCCCCN1C(=O)CCC[C@@H]1/C=C/[C@@H](O)C(F)(F)c1ccccc1.O=C(O)CCCCCCN1C(=O)CCC[C@@H]1/C=C/[C@@H](O)C(F)(F)c1ccccc1.[Li+].[OH-]. The summed E-state index contributed by atoms with van der Waals surface area (Å²) >= 11 is 0. The standard InChI is InChI=1S/C22H29F2NO4.C22H31F2NO2.Li.H2O/c23-22(24,17-9-4-3-5-10-17)19(26)15-14-18-11-8-12-20(27)25(18)16-7-2-1-6-13-21(28)29;1-2-3-4-5-9-17-25-19(13-10-14-21(25)27)15-16-20(26)22(23,24)18-11-7-6-8-12-18;;/h3-5,9-10,14-15,18-19,26H,1-2,6-8,11-13,16H2,(H,28,29);6-8,11-12,15-16,19-20,26H,2-5,9-10,13-14,17H2,1H3;;1H2/q;;+1;/p-1/b15-14+;16-15+;;/t18-,19-;19-,20-;;/m11../s1. The van der Waals surface area contributed by atoms with Crippen LogP contribution in [0.1, 0.15) is 121 Å². The monoisotopic (exact) mass is 812 g/mol. The number of benzene rings is 2. The van der Waals surface area contributed by atoms with E-state index in [1.54, 1.807) is 28.0 Å². The average molecular weight is 813 g/mol. The topological polar surface area (TPSA) is 148 Å². The van der Waals surface area contributed by atoms with Gasteiger partial charge in [-0.25, -0.2) is 0 Å². The maximum Gasteiger partial charge on any atom is 1.00 e. The number of aliphatic hydroxyl groups excluding tert-OH is 2. The van der Waals surface area contributed by atoms with Crippen molar-refractivity contribution < 1.29 is 71.6 Å². The van der Waals surface area contributed by atoms with Gasteiger partial charge in [-0.05, 0) is 44.9 Å². The summed E-state index contributed by atoms with van der Waals surface area (Å²) < 4.78 is 57.7. The Bertz CT molecular complexity index is 1530. The van der Waals surface area contributed by atoms with Crippen LogP contribution < -0.4 is 18.9 Å². The summed E-state index contributed by atoms with van der Waals surface area (Å²) in [6.07, 6.45) is 13.9. The number of carboxylic acids is 1. The first-order valence-corrected chi connectivity index (χ1v) is 20.2. The molecule has 14 heteroatoms. The predicted molar refractivity (Wildman–Crippen MR) is 211 cm³/mol. The number of alkyl halides is 4. The zero-order valence-corrected chi connectivity index (χ0v) is 34.0. The molecule has 2 heterocycles.